The van der Waals surface area contributed by atoms with Gasteiger partial charge in [-0.15, -0.1) is 0 Å². The zero-order valence-corrected chi connectivity index (χ0v) is 20.3. The van der Waals surface area contributed by atoms with Gasteiger partial charge in [0.2, 0.25) is 0 Å². The summed E-state index contributed by atoms with van der Waals surface area (Å²) in [6.07, 6.45) is 2.87. The molecule has 7 heteroatoms. The quantitative estimate of drug-likeness (QED) is 0.123. The summed E-state index contributed by atoms with van der Waals surface area (Å²) < 4.78 is 16.7. The molecule has 0 spiro atoms. The lowest BCUT2D eigenvalue weighted by molar-refractivity contribution is 0.258. The standard InChI is InChI=1S/C28H32N4O3/c1-5-33-21-19-31(25-13-9-7-10-14-25)29-23(3)27-17-18-28(35-27)24(4)30-32(20-22-34-6-2)26-15-11-8-12-16-26/h5-18H,1-2,19-22H2,3-4H3. The molecule has 182 valence electrons. The van der Waals surface area contributed by atoms with Crippen molar-refractivity contribution < 1.29 is 13.9 Å². The van der Waals surface area contributed by atoms with Crippen LogP contribution in [-0.4, -0.2) is 37.7 Å². The van der Waals surface area contributed by atoms with Gasteiger partial charge in [-0.1, -0.05) is 49.6 Å². The van der Waals surface area contributed by atoms with Crippen LogP contribution in [0.2, 0.25) is 0 Å². The molecule has 1 heterocycles. The van der Waals surface area contributed by atoms with Crippen molar-refractivity contribution in [3.63, 3.8) is 0 Å². The molecule has 0 atom stereocenters. The van der Waals surface area contributed by atoms with Gasteiger partial charge in [-0.25, -0.2) is 0 Å². The van der Waals surface area contributed by atoms with E-state index in [0.29, 0.717) is 37.8 Å². The van der Waals surface area contributed by atoms with Crippen molar-refractivity contribution in [3.05, 3.63) is 110 Å². The molecular formula is C28H32N4O3. The number of hydrogen-bond donors (Lipinski definition) is 0. The first-order valence-electron chi connectivity index (χ1n) is 11.4. The molecule has 35 heavy (non-hydrogen) atoms. The van der Waals surface area contributed by atoms with Gasteiger partial charge in [0, 0.05) is 0 Å². The molecule has 0 N–H and O–H groups in total. The van der Waals surface area contributed by atoms with E-state index in [1.165, 1.54) is 12.5 Å². The summed E-state index contributed by atoms with van der Waals surface area (Å²) in [5.41, 5.74) is 3.41. The van der Waals surface area contributed by atoms with E-state index in [4.69, 9.17) is 24.1 Å². The maximum Gasteiger partial charge on any atom is 0.150 e. The highest BCUT2D eigenvalue weighted by atomic mass is 16.5. The van der Waals surface area contributed by atoms with Gasteiger partial charge < -0.3 is 13.9 Å². The van der Waals surface area contributed by atoms with Crippen molar-refractivity contribution in [1.82, 2.24) is 0 Å². The molecule has 3 rings (SSSR count). The van der Waals surface area contributed by atoms with E-state index in [9.17, 15) is 0 Å². The van der Waals surface area contributed by atoms with Crippen LogP contribution in [0.5, 0.6) is 0 Å². The summed E-state index contributed by atoms with van der Waals surface area (Å²) in [5.74, 6) is 1.34. The van der Waals surface area contributed by atoms with Crippen LogP contribution in [0.3, 0.4) is 0 Å². The first-order valence-corrected chi connectivity index (χ1v) is 11.4. The molecule has 7 nitrogen and oxygen atoms in total. The molecule has 0 fully saturated rings. The number of anilines is 2. The number of hydrogen-bond acceptors (Lipinski definition) is 7. The van der Waals surface area contributed by atoms with Crippen molar-refractivity contribution in [2.24, 2.45) is 10.2 Å². The van der Waals surface area contributed by atoms with Crippen LogP contribution in [0.15, 0.2) is 113 Å². The fraction of sp³-hybridized carbons (Fsp3) is 0.214. The largest absolute Gasteiger partial charge is 0.500 e. The third kappa shape index (κ3) is 7.64. The lowest BCUT2D eigenvalue weighted by Crippen LogP contribution is -2.23. The molecule has 0 saturated carbocycles. The Hall–Kier alpha value is -4.26. The minimum atomic E-state index is 0.467. The van der Waals surface area contributed by atoms with Crippen LogP contribution >= 0.6 is 0 Å². The number of nitrogens with zero attached hydrogens (tertiary/aromatic N) is 4. The zero-order valence-electron chi connectivity index (χ0n) is 20.3. The van der Waals surface area contributed by atoms with Crippen molar-refractivity contribution in [3.8, 4) is 0 Å². The molecular weight excluding hydrogens is 440 g/mol. The van der Waals surface area contributed by atoms with Gasteiger partial charge in [-0.3, -0.25) is 10.0 Å². The van der Waals surface area contributed by atoms with Crippen LogP contribution in [-0.2, 0) is 9.47 Å². The van der Waals surface area contributed by atoms with E-state index in [-0.39, 0.29) is 0 Å². The number of hydrazone groups is 2. The van der Waals surface area contributed by atoms with Crippen molar-refractivity contribution in [2.45, 2.75) is 13.8 Å². The van der Waals surface area contributed by atoms with Gasteiger partial charge in [0.15, 0.2) is 11.5 Å². The summed E-state index contributed by atoms with van der Waals surface area (Å²) in [6.45, 7) is 13.1. The Morgan fingerprint density at radius 2 is 1.11 bits per heavy atom. The summed E-state index contributed by atoms with van der Waals surface area (Å²) in [7, 11) is 0. The van der Waals surface area contributed by atoms with Crippen molar-refractivity contribution >= 4 is 22.8 Å². The number of rotatable bonds is 14. The molecule has 0 aliphatic heterocycles. The lowest BCUT2D eigenvalue weighted by Gasteiger charge is -2.20. The van der Waals surface area contributed by atoms with Crippen LogP contribution in [0.4, 0.5) is 11.4 Å². The molecule has 0 amide bonds. The molecule has 0 saturated heterocycles. The maximum atomic E-state index is 6.12. The Balaban J connectivity index is 1.80. The molecule has 1 aromatic heterocycles. The van der Waals surface area contributed by atoms with Crippen LogP contribution < -0.4 is 10.0 Å². The lowest BCUT2D eigenvalue weighted by atomic mass is 10.3. The first kappa shape index (κ1) is 25.4. The number of benzene rings is 2. The first-order chi connectivity index (χ1) is 17.1. The second kappa shape index (κ2) is 13.4. The van der Waals surface area contributed by atoms with E-state index in [1.54, 1.807) is 0 Å². The minimum Gasteiger partial charge on any atom is -0.500 e. The molecule has 0 aliphatic carbocycles. The minimum absolute atomic E-state index is 0.467. The molecule has 3 aromatic rings. The van der Waals surface area contributed by atoms with E-state index in [1.807, 2.05) is 96.7 Å². The number of ether oxygens (including phenoxy) is 2. The van der Waals surface area contributed by atoms with Crippen molar-refractivity contribution in [2.75, 3.05) is 36.3 Å². The van der Waals surface area contributed by atoms with E-state index in [2.05, 4.69) is 13.2 Å². The fourth-order valence-corrected chi connectivity index (χ4v) is 3.31. The van der Waals surface area contributed by atoms with Crippen molar-refractivity contribution in [1.29, 1.82) is 0 Å². The van der Waals surface area contributed by atoms with Crippen LogP contribution in [0.1, 0.15) is 25.4 Å². The number of furan rings is 1. The van der Waals surface area contributed by atoms with Gasteiger partial charge in [0.1, 0.15) is 24.6 Å². The monoisotopic (exact) mass is 472 g/mol. The van der Waals surface area contributed by atoms with Gasteiger partial charge >= 0.3 is 0 Å². The average molecular weight is 473 g/mol. The Morgan fingerprint density at radius 1 is 0.714 bits per heavy atom. The highest BCUT2D eigenvalue weighted by molar-refractivity contribution is 6.00. The Kier molecular flexibility index (Phi) is 9.75. The summed E-state index contributed by atoms with van der Waals surface area (Å²) in [4.78, 5) is 0. The smallest absolute Gasteiger partial charge is 0.150 e. The summed E-state index contributed by atoms with van der Waals surface area (Å²) >= 11 is 0. The third-order valence-electron chi connectivity index (χ3n) is 5.05. The fourth-order valence-electron chi connectivity index (χ4n) is 3.31. The van der Waals surface area contributed by atoms with Crippen LogP contribution in [0, 0.1) is 0 Å². The molecule has 0 bridgehead atoms. The predicted octanol–water partition coefficient (Wildman–Crippen LogP) is 6.06. The summed E-state index contributed by atoms with van der Waals surface area (Å²) in [6, 6.07) is 23.7. The Bertz CT molecular complexity index is 1040. The molecule has 0 radical (unpaired) electrons. The highest BCUT2D eigenvalue weighted by Gasteiger charge is 2.13. The van der Waals surface area contributed by atoms with Gasteiger partial charge in [0.05, 0.1) is 37.0 Å². The second-order valence-electron chi connectivity index (χ2n) is 7.53. The van der Waals surface area contributed by atoms with Gasteiger partial charge in [0.25, 0.3) is 0 Å². The molecule has 2 aromatic carbocycles. The van der Waals surface area contributed by atoms with Gasteiger partial charge in [-0.05, 0) is 50.2 Å². The highest BCUT2D eigenvalue weighted by Crippen LogP contribution is 2.18. The normalized spacial score (nSPS) is 11.6. The van der Waals surface area contributed by atoms with Gasteiger partial charge in [-0.2, -0.15) is 10.2 Å². The molecule has 0 aliphatic rings. The SMILES string of the molecule is C=COCCN(N=C(C)c1ccc(C(C)=NN(CCOC=C)c2ccccc2)o1)c1ccccc1. The third-order valence-corrected chi connectivity index (χ3v) is 5.05. The Labute approximate surface area is 207 Å². The average Bonchev–Trinajstić information content (AvgIpc) is 3.39. The van der Waals surface area contributed by atoms with E-state index < -0.39 is 0 Å². The maximum absolute atomic E-state index is 6.12. The zero-order chi connectivity index (χ0) is 24.9. The topological polar surface area (TPSA) is 62.8 Å². The van der Waals surface area contributed by atoms with E-state index in [0.717, 1.165) is 22.8 Å². The van der Waals surface area contributed by atoms with Crippen LogP contribution in [0.25, 0.3) is 0 Å². The predicted molar refractivity (Wildman–Crippen MR) is 143 cm³/mol. The summed E-state index contributed by atoms with van der Waals surface area (Å²) in [5, 5.41) is 13.3. The van der Waals surface area contributed by atoms with E-state index >= 15 is 0 Å². The second-order valence-corrected chi connectivity index (χ2v) is 7.53. The number of para-hydroxylation sites is 2. The molecule has 0 unspecified atom stereocenters. The Morgan fingerprint density at radius 3 is 1.49 bits per heavy atom.